The molecule has 0 spiro atoms. The maximum absolute atomic E-state index is 5.11. The molecule has 0 bridgehead atoms. The van der Waals surface area contributed by atoms with E-state index in [1.54, 1.807) is 7.11 Å². The Kier molecular flexibility index (Phi) is 4.23. The standard InChI is InChI=1S/C11H15NO.ClH/c1-13-10-6-4-9(5-7-10)11-3-2-8-12-11;/h4-7,11-12H,2-3,8H2,1H3;1H/t11-;/m0./s1. The van der Waals surface area contributed by atoms with Crippen molar-refractivity contribution >= 4 is 12.4 Å². The highest BCUT2D eigenvalue weighted by atomic mass is 35.5. The molecule has 2 rings (SSSR count). The molecule has 0 amide bonds. The summed E-state index contributed by atoms with van der Waals surface area (Å²) in [7, 11) is 1.70. The Hall–Kier alpha value is -0.730. The van der Waals surface area contributed by atoms with E-state index in [4.69, 9.17) is 4.74 Å². The zero-order valence-electron chi connectivity index (χ0n) is 8.32. The topological polar surface area (TPSA) is 21.3 Å². The molecule has 1 saturated heterocycles. The largest absolute Gasteiger partial charge is 0.497 e. The average Bonchev–Trinajstić information content (AvgIpc) is 2.71. The van der Waals surface area contributed by atoms with E-state index in [-0.39, 0.29) is 12.4 Å². The van der Waals surface area contributed by atoms with E-state index in [1.807, 2.05) is 12.1 Å². The predicted octanol–water partition coefficient (Wildman–Crippen LogP) is 2.54. The van der Waals surface area contributed by atoms with Gasteiger partial charge in [-0.1, -0.05) is 12.1 Å². The fourth-order valence-corrected chi connectivity index (χ4v) is 1.81. The maximum atomic E-state index is 5.11. The van der Waals surface area contributed by atoms with E-state index < -0.39 is 0 Å². The fourth-order valence-electron chi connectivity index (χ4n) is 1.81. The lowest BCUT2D eigenvalue weighted by Gasteiger charge is -2.10. The number of hydrogen-bond donors (Lipinski definition) is 1. The first-order chi connectivity index (χ1) is 6.40. The molecule has 78 valence electrons. The number of ether oxygens (including phenoxy) is 1. The van der Waals surface area contributed by atoms with Crippen molar-refractivity contribution in [3.63, 3.8) is 0 Å². The first-order valence-corrected chi connectivity index (χ1v) is 4.77. The van der Waals surface area contributed by atoms with Gasteiger partial charge in [0.15, 0.2) is 0 Å². The van der Waals surface area contributed by atoms with Crippen molar-refractivity contribution in [3.8, 4) is 5.75 Å². The Bertz CT molecular complexity index is 267. The van der Waals surface area contributed by atoms with Crippen molar-refractivity contribution in [1.82, 2.24) is 5.32 Å². The van der Waals surface area contributed by atoms with Crippen LogP contribution in [0.5, 0.6) is 5.75 Å². The Morgan fingerprint density at radius 3 is 2.50 bits per heavy atom. The van der Waals surface area contributed by atoms with E-state index in [1.165, 1.54) is 18.4 Å². The highest BCUT2D eigenvalue weighted by Gasteiger charge is 2.15. The summed E-state index contributed by atoms with van der Waals surface area (Å²) in [5.74, 6) is 0.932. The van der Waals surface area contributed by atoms with Gasteiger partial charge in [0, 0.05) is 6.04 Å². The smallest absolute Gasteiger partial charge is 0.118 e. The van der Waals surface area contributed by atoms with Crippen molar-refractivity contribution in [3.05, 3.63) is 29.8 Å². The van der Waals surface area contributed by atoms with E-state index in [0.29, 0.717) is 6.04 Å². The quantitative estimate of drug-likeness (QED) is 0.816. The van der Waals surface area contributed by atoms with Crippen molar-refractivity contribution in [2.24, 2.45) is 0 Å². The molecule has 3 heteroatoms. The molecule has 1 aliphatic heterocycles. The van der Waals surface area contributed by atoms with Crippen molar-refractivity contribution in [1.29, 1.82) is 0 Å². The Morgan fingerprint density at radius 1 is 1.29 bits per heavy atom. The van der Waals surface area contributed by atoms with E-state index >= 15 is 0 Å². The number of benzene rings is 1. The first-order valence-electron chi connectivity index (χ1n) is 4.77. The maximum Gasteiger partial charge on any atom is 0.118 e. The van der Waals surface area contributed by atoms with Gasteiger partial charge in [0.2, 0.25) is 0 Å². The normalized spacial score (nSPS) is 20.2. The zero-order valence-corrected chi connectivity index (χ0v) is 9.14. The SMILES string of the molecule is COc1ccc([C@@H]2CCCN2)cc1.Cl. The summed E-state index contributed by atoms with van der Waals surface area (Å²) >= 11 is 0. The summed E-state index contributed by atoms with van der Waals surface area (Å²) in [4.78, 5) is 0. The molecule has 0 radical (unpaired) electrons. The van der Waals surface area contributed by atoms with Crippen molar-refractivity contribution < 1.29 is 4.74 Å². The molecular formula is C11H16ClNO. The molecule has 0 unspecified atom stereocenters. The molecular weight excluding hydrogens is 198 g/mol. The van der Waals surface area contributed by atoms with E-state index in [9.17, 15) is 0 Å². The highest BCUT2D eigenvalue weighted by molar-refractivity contribution is 5.85. The monoisotopic (exact) mass is 213 g/mol. The van der Waals surface area contributed by atoms with Gasteiger partial charge in [-0.05, 0) is 37.1 Å². The lowest BCUT2D eigenvalue weighted by Crippen LogP contribution is -2.12. The summed E-state index contributed by atoms with van der Waals surface area (Å²) < 4.78 is 5.11. The van der Waals surface area contributed by atoms with Gasteiger partial charge in [0.05, 0.1) is 7.11 Å². The minimum Gasteiger partial charge on any atom is -0.497 e. The number of halogens is 1. The van der Waals surface area contributed by atoms with Gasteiger partial charge in [0.1, 0.15) is 5.75 Å². The summed E-state index contributed by atoms with van der Waals surface area (Å²) in [6.07, 6.45) is 2.54. The fraction of sp³-hybridized carbons (Fsp3) is 0.455. The van der Waals surface area contributed by atoms with Gasteiger partial charge in [-0.3, -0.25) is 0 Å². The molecule has 1 aromatic rings. The van der Waals surface area contributed by atoms with Gasteiger partial charge in [-0.25, -0.2) is 0 Å². The minimum absolute atomic E-state index is 0. The molecule has 2 nitrogen and oxygen atoms in total. The number of hydrogen-bond acceptors (Lipinski definition) is 2. The lowest BCUT2D eigenvalue weighted by molar-refractivity contribution is 0.414. The second-order valence-electron chi connectivity index (χ2n) is 3.42. The Morgan fingerprint density at radius 2 is 2.00 bits per heavy atom. The van der Waals surface area contributed by atoms with Crippen LogP contribution in [-0.4, -0.2) is 13.7 Å². The van der Waals surface area contributed by atoms with Crippen LogP contribution in [0.25, 0.3) is 0 Å². The number of nitrogens with one attached hydrogen (secondary N) is 1. The van der Waals surface area contributed by atoms with Crippen LogP contribution >= 0.6 is 12.4 Å². The van der Waals surface area contributed by atoms with E-state index in [0.717, 1.165) is 12.3 Å². The first kappa shape index (κ1) is 11.3. The van der Waals surface area contributed by atoms with Crippen LogP contribution in [0.15, 0.2) is 24.3 Å². The van der Waals surface area contributed by atoms with Crippen LogP contribution in [0.1, 0.15) is 24.4 Å². The molecule has 0 aliphatic carbocycles. The van der Waals surface area contributed by atoms with Crippen LogP contribution in [0.4, 0.5) is 0 Å². The summed E-state index contributed by atoms with van der Waals surface area (Å²) in [6, 6.07) is 8.89. The number of rotatable bonds is 2. The Balaban J connectivity index is 0.000000980. The second kappa shape index (κ2) is 5.23. The van der Waals surface area contributed by atoms with Crippen molar-refractivity contribution in [2.45, 2.75) is 18.9 Å². The third-order valence-electron chi connectivity index (χ3n) is 2.58. The molecule has 1 atom stereocenters. The van der Waals surface area contributed by atoms with Crippen LogP contribution in [0, 0.1) is 0 Å². The third kappa shape index (κ3) is 2.40. The van der Waals surface area contributed by atoms with Gasteiger partial charge < -0.3 is 10.1 Å². The summed E-state index contributed by atoms with van der Waals surface area (Å²) in [5.41, 5.74) is 1.37. The van der Waals surface area contributed by atoms with Gasteiger partial charge in [-0.2, -0.15) is 0 Å². The van der Waals surface area contributed by atoms with Gasteiger partial charge in [-0.15, -0.1) is 12.4 Å². The predicted molar refractivity (Wildman–Crippen MR) is 60.2 cm³/mol. The third-order valence-corrected chi connectivity index (χ3v) is 2.58. The van der Waals surface area contributed by atoms with Crippen LogP contribution in [0.3, 0.4) is 0 Å². The Labute approximate surface area is 91.1 Å². The van der Waals surface area contributed by atoms with Crippen LogP contribution in [0.2, 0.25) is 0 Å². The lowest BCUT2D eigenvalue weighted by atomic mass is 10.1. The van der Waals surface area contributed by atoms with Crippen LogP contribution in [-0.2, 0) is 0 Å². The molecule has 1 fully saturated rings. The minimum atomic E-state index is 0. The molecule has 1 aromatic carbocycles. The molecule has 1 N–H and O–H groups in total. The highest BCUT2D eigenvalue weighted by Crippen LogP contribution is 2.24. The molecule has 1 aliphatic rings. The van der Waals surface area contributed by atoms with Crippen LogP contribution < -0.4 is 10.1 Å². The zero-order chi connectivity index (χ0) is 9.10. The molecule has 0 aromatic heterocycles. The summed E-state index contributed by atoms with van der Waals surface area (Å²) in [5, 5.41) is 3.47. The average molecular weight is 214 g/mol. The van der Waals surface area contributed by atoms with Gasteiger partial charge >= 0.3 is 0 Å². The number of methoxy groups -OCH3 is 1. The van der Waals surface area contributed by atoms with E-state index in [2.05, 4.69) is 17.4 Å². The molecule has 0 saturated carbocycles. The van der Waals surface area contributed by atoms with Crippen molar-refractivity contribution in [2.75, 3.05) is 13.7 Å². The molecule has 1 heterocycles. The summed E-state index contributed by atoms with van der Waals surface area (Å²) in [6.45, 7) is 1.15. The second-order valence-corrected chi connectivity index (χ2v) is 3.42. The van der Waals surface area contributed by atoms with Gasteiger partial charge in [0.25, 0.3) is 0 Å². The molecule has 14 heavy (non-hydrogen) atoms.